The van der Waals surface area contributed by atoms with Crippen molar-refractivity contribution in [2.75, 3.05) is 0 Å². The van der Waals surface area contributed by atoms with E-state index >= 15 is 0 Å². The minimum Gasteiger partial charge on any atom is -0.481 e. The smallest absolute Gasteiger partial charge is 0.474 e. The van der Waals surface area contributed by atoms with Gasteiger partial charge < -0.3 is 8.85 Å². The molecule has 0 fully saturated rings. The summed E-state index contributed by atoms with van der Waals surface area (Å²) in [4.78, 5) is 23.6. The summed E-state index contributed by atoms with van der Waals surface area (Å²) in [5.74, 6) is -1.18. The van der Waals surface area contributed by atoms with Gasteiger partial charge in [0.15, 0.2) is 0 Å². The van der Waals surface area contributed by atoms with E-state index in [0.717, 1.165) is 17.7 Å². The van der Waals surface area contributed by atoms with Crippen LogP contribution in [0.2, 0.25) is 5.04 Å². The molecule has 0 aliphatic heterocycles. The van der Waals surface area contributed by atoms with Crippen LogP contribution in [0.4, 0.5) is 0 Å². The first-order chi connectivity index (χ1) is 10.2. The third-order valence-electron chi connectivity index (χ3n) is 3.29. The molecular formula is C17H22O4Si. The van der Waals surface area contributed by atoms with Crippen molar-refractivity contribution in [3.63, 3.8) is 0 Å². The van der Waals surface area contributed by atoms with E-state index in [-0.39, 0.29) is 0 Å². The molecule has 0 spiro atoms. The monoisotopic (exact) mass is 318 g/mol. The zero-order valence-electron chi connectivity index (χ0n) is 13.3. The molecule has 1 aromatic carbocycles. The van der Waals surface area contributed by atoms with Crippen molar-refractivity contribution in [3.05, 3.63) is 61.2 Å². The average molecular weight is 318 g/mol. The Hall–Kier alpha value is -2.14. The maximum atomic E-state index is 11.8. The van der Waals surface area contributed by atoms with Gasteiger partial charge >= 0.3 is 20.5 Å². The Labute approximate surface area is 132 Å². The van der Waals surface area contributed by atoms with Gasteiger partial charge in [-0.2, -0.15) is 0 Å². The Morgan fingerprint density at radius 2 is 1.50 bits per heavy atom. The standard InChI is InChI=1S/C17H22O4Si/c1-6-15(18)20-22(17(3,4)5,21-16(19)7-2)13-14-11-9-8-10-12-14/h6-12H,1-2,13H2,3-5H3. The van der Waals surface area contributed by atoms with Gasteiger partial charge in [-0.05, 0) is 5.56 Å². The molecule has 0 unspecified atom stereocenters. The summed E-state index contributed by atoms with van der Waals surface area (Å²) in [5, 5.41) is -0.514. The summed E-state index contributed by atoms with van der Waals surface area (Å²) in [6, 6.07) is 9.88. The highest BCUT2D eigenvalue weighted by Crippen LogP contribution is 2.40. The van der Waals surface area contributed by atoms with Crippen molar-refractivity contribution in [1.82, 2.24) is 0 Å². The van der Waals surface area contributed by atoms with E-state index in [1.807, 2.05) is 51.1 Å². The molecule has 0 bridgehead atoms. The number of hydrogen-bond acceptors (Lipinski definition) is 4. The molecule has 0 saturated heterocycles. The molecule has 0 N–H and O–H groups in total. The molecule has 0 saturated carbocycles. The van der Waals surface area contributed by atoms with Gasteiger partial charge in [-0.3, -0.25) is 0 Å². The molecule has 1 aromatic rings. The van der Waals surface area contributed by atoms with E-state index in [4.69, 9.17) is 8.85 Å². The highest BCUT2D eigenvalue weighted by Gasteiger charge is 2.55. The summed E-state index contributed by atoms with van der Waals surface area (Å²) in [6.45, 7) is 12.5. The molecule has 5 heteroatoms. The predicted octanol–water partition coefficient (Wildman–Crippen LogP) is 3.47. The van der Waals surface area contributed by atoms with Gasteiger partial charge in [0.05, 0.1) is 0 Å². The van der Waals surface area contributed by atoms with Gasteiger partial charge in [0.1, 0.15) is 0 Å². The summed E-state index contributed by atoms with van der Waals surface area (Å²) in [7, 11) is -3.25. The lowest BCUT2D eigenvalue weighted by molar-refractivity contribution is -0.136. The van der Waals surface area contributed by atoms with Gasteiger partial charge in [-0.1, -0.05) is 64.3 Å². The Morgan fingerprint density at radius 1 is 1.05 bits per heavy atom. The van der Waals surface area contributed by atoms with Gasteiger partial charge in [-0.15, -0.1) is 0 Å². The maximum absolute atomic E-state index is 11.8. The van der Waals surface area contributed by atoms with Crippen LogP contribution in [0, 0.1) is 0 Å². The molecule has 0 radical (unpaired) electrons. The lowest BCUT2D eigenvalue weighted by Gasteiger charge is -2.38. The Balaban J connectivity index is 3.29. The topological polar surface area (TPSA) is 52.6 Å². The van der Waals surface area contributed by atoms with Crippen molar-refractivity contribution >= 4 is 20.5 Å². The van der Waals surface area contributed by atoms with Crippen molar-refractivity contribution < 1.29 is 18.4 Å². The SMILES string of the molecule is C=CC(=O)O[Si](Cc1ccccc1)(OC(=O)C=C)C(C)(C)C. The molecule has 118 valence electrons. The highest BCUT2D eigenvalue weighted by molar-refractivity contribution is 6.73. The van der Waals surface area contributed by atoms with Crippen LogP contribution in [0.3, 0.4) is 0 Å². The molecule has 0 amide bonds. The summed E-state index contributed by atoms with van der Waals surface area (Å²) in [6.07, 6.45) is 2.17. The lowest BCUT2D eigenvalue weighted by Crippen LogP contribution is -2.55. The quantitative estimate of drug-likeness (QED) is 0.595. The second-order valence-corrected chi connectivity index (χ2v) is 9.68. The summed E-state index contributed by atoms with van der Waals surface area (Å²) >= 11 is 0. The number of carbonyl (C=O) groups excluding carboxylic acids is 2. The number of benzene rings is 1. The van der Waals surface area contributed by atoms with E-state index in [1.54, 1.807) is 0 Å². The molecule has 0 aromatic heterocycles. The minimum atomic E-state index is -3.25. The van der Waals surface area contributed by atoms with E-state index in [0.29, 0.717) is 6.04 Å². The van der Waals surface area contributed by atoms with Crippen molar-refractivity contribution in [1.29, 1.82) is 0 Å². The van der Waals surface area contributed by atoms with Crippen LogP contribution in [0.1, 0.15) is 26.3 Å². The van der Waals surface area contributed by atoms with Crippen LogP contribution < -0.4 is 0 Å². The van der Waals surface area contributed by atoms with Gasteiger partial charge in [-0.25, -0.2) is 9.59 Å². The minimum absolute atomic E-state index is 0.372. The fourth-order valence-electron chi connectivity index (χ4n) is 1.94. The summed E-state index contributed by atoms with van der Waals surface area (Å²) < 4.78 is 11.2. The van der Waals surface area contributed by atoms with Crippen LogP contribution >= 0.6 is 0 Å². The van der Waals surface area contributed by atoms with Crippen LogP contribution in [-0.2, 0) is 24.5 Å². The van der Waals surface area contributed by atoms with Crippen LogP contribution in [0.5, 0.6) is 0 Å². The normalized spacial score (nSPS) is 11.4. The fraction of sp³-hybridized carbons (Fsp3) is 0.294. The lowest BCUT2D eigenvalue weighted by atomic mass is 10.2. The maximum Gasteiger partial charge on any atom is 0.474 e. The third-order valence-corrected chi connectivity index (χ3v) is 7.51. The second-order valence-electron chi connectivity index (χ2n) is 5.92. The molecular weight excluding hydrogens is 296 g/mol. The molecule has 22 heavy (non-hydrogen) atoms. The third kappa shape index (κ3) is 4.43. The van der Waals surface area contributed by atoms with Gasteiger partial charge in [0.25, 0.3) is 0 Å². The highest BCUT2D eigenvalue weighted by atomic mass is 28.4. The zero-order chi connectivity index (χ0) is 16.8. The molecule has 0 aliphatic rings. The molecule has 1 rings (SSSR count). The van der Waals surface area contributed by atoms with Crippen LogP contribution in [-0.4, -0.2) is 20.5 Å². The van der Waals surface area contributed by atoms with E-state index in [2.05, 4.69) is 13.2 Å². The largest absolute Gasteiger partial charge is 0.481 e. The van der Waals surface area contributed by atoms with Gasteiger partial charge in [0, 0.05) is 23.2 Å². The van der Waals surface area contributed by atoms with Crippen molar-refractivity contribution in [3.8, 4) is 0 Å². The summed E-state index contributed by atoms with van der Waals surface area (Å²) in [5.41, 5.74) is 0.942. The Kier molecular flexibility index (Phi) is 5.88. The Morgan fingerprint density at radius 3 is 1.86 bits per heavy atom. The second kappa shape index (κ2) is 7.22. The zero-order valence-corrected chi connectivity index (χ0v) is 14.3. The first-order valence-corrected chi connectivity index (χ1v) is 9.01. The Bertz CT molecular complexity index is 536. The first-order valence-electron chi connectivity index (χ1n) is 6.99. The van der Waals surface area contributed by atoms with E-state index in [9.17, 15) is 9.59 Å². The number of carbonyl (C=O) groups is 2. The molecule has 0 atom stereocenters. The molecule has 4 nitrogen and oxygen atoms in total. The van der Waals surface area contributed by atoms with Crippen molar-refractivity contribution in [2.24, 2.45) is 0 Å². The van der Waals surface area contributed by atoms with E-state index in [1.165, 1.54) is 0 Å². The van der Waals surface area contributed by atoms with Crippen LogP contribution in [0.25, 0.3) is 0 Å². The molecule has 0 heterocycles. The van der Waals surface area contributed by atoms with E-state index < -0.39 is 25.5 Å². The number of rotatable bonds is 6. The number of hydrogen-bond donors (Lipinski definition) is 0. The fourth-order valence-corrected chi connectivity index (χ4v) is 4.86. The first kappa shape index (κ1) is 17.9. The predicted molar refractivity (Wildman–Crippen MR) is 88.2 cm³/mol. The van der Waals surface area contributed by atoms with Gasteiger partial charge in [0.2, 0.25) is 0 Å². The van der Waals surface area contributed by atoms with Crippen LogP contribution in [0.15, 0.2) is 55.6 Å². The average Bonchev–Trinajstić information content (AvgIpc) is 2.46. The van der Waals surface area contributed by atoms with Crippen molar-refractivity contribution in [2.45, 2.75) is 31.9 Å². The molecule has 0 aliphatic carbocycles.